The standard InChI is InChI=1S/C20H23F3N6/c1-12(25-13(2)20(21,22)23)16-6-7-17-19(27-16)29(15-8-10-28(17)11-15)14(3)26-18-5-4-9-24-18/h4,6-7,9,13,15,25H,1,3,5,8,10-11H2,2H3,(H,24,26)/t13-,15+/m1/s1. The average Bonchev–Trinajstić information content (AvgIpc) is 3.31. The van der Waals surface area contributed by atoms with Gasteiger partial charge in [-0.2, -0.15) is 13.2 Å². The first-order valence-electron chi connectivity index (χ1n) is 9.49. The Hall–Kier alpha value is -2.97. The van der Waals surface area contributed by atoms with Crippen LogP contribution in [0.25, 0.3) is 5.70 Å². The number of aromatic nitrogens is 1. The lowest BCUT2D eigenvalue weighted by Crippen LogP contribution is -2.46. The van der Waals surface area contributed by atoms with Crippen LogP contribution in [0.5, 0.6) is 0 Å². The lowest BCUT2D eigenvalue weighted by molar-refractivity contribution is -0.148. The molecule has 4 heterocycles. The van der Waals surface area contributed by atoms with E-state index in [0.29, 0.717) is 23.8 Å². The van der Waals surface area contributed by atoms with Gasteiger partial charge in [0.05, 0.1) is 23.1 Å². The average molecular weight is 404 g/mol. The fraction of sp³-hybridized carbons (Fsp3) is 0.400. The number of halogens is 3. The summed E-state index contributed by atoms with van der Waals surface area (Å²) in [5, 5.41) is 5.65. The van der Waals surface area contributed by atoms with Crippen LogP contribution in [0.3, 0.4) is 0 Å². The van der Waals surface area contributed by atoms with E-state index in [9.17, 15) is 13.2 Å². The molecule has 2 bridgehead atoms. The fourth-order valence-electron chi connectivity index (χ4n) is 3.81. The summed E-state index contributed by atoms with van der Waals surface area (Å²) < 4.78 is 38.7. The zero-order valence-electron chi connectivity index (χ0n) is 16.1. The van der Waals surface area contributed by atoms with Crippen molar-refractivity contribution < 1.29 is 13.2 Å². The molecule has 9 heteroatoms. The van der Waals surface area contributed by atoms with Crippen molar-refractivity contribution >= 4 is 23.0 Å². The lowest BCUT2D eigenvalue weighted by Gasteiger charge is -2.38. The second-order valence-electron chi connectivity index (χ2n) is 7.42. The number of fused-ring (bicyclic) bond motifs is 4. The maximum absolute atomic E-state index is 12.9. The van der Waals surface area contributed by atoms with Crippen LogP contribution < -0.4 is 20.4 Å². The Balaban J connectivity index is 1.61. The van der Waals surface area contributed by atoms with Crippen molar-refractivity contribution in [3.8, 4) is 0 Å². The van der Waals surface area contributed by atoms with E-state index in [4.69, 9.17) is 0 Å². The van der Waals surface area contributed by atoms with Crippen LogP contribution in [0, 0.1) is 0 Å². The summed E-state index contributed by atoms with van der Waals surface area (Å²) >= 11 is 0. The Labute approximate surface area is 167 Å². The Kier molecular flexibility index (Phi) is 4.76. The number of anilines is 2. The molecule has 0 spiro atoms. The quantitative estimate of drug-likeness (QED) is 0.788. The van der Waals surface area contributed by atoms with Crippen molar-refractivity contribution in [2.75, 3.05) is 22.9 Å². The van der Waals surface area contributed by atoms with E-state index in [1.807, 2.05) is 17.0 Å². The van der Waals surface area contributed by atoms with Gasteiger partial charge in [-0.25, -0.2) is 9.98 Å². The van der Waals surface area contributed by atoms with Gasteiger partial charge < -0.3 is 20.4 Å². The zero-order valence-corrected chi connectivity index (χ0v) is 16.1. The molecule has 1 aromatic rings. The van der Waals surface area contributed by atoms with Gasteiger partial charge in [0.25, 0.3) is 0 Å². The highest BCUT2D eigenvalue weighted by Gasteiger charge is 2.39. The monoisotopic (exact) mass is 404 g/mol. The lowest BCUT2D eigenvalue weighted by atomic mass is 10.1. The van der Waals surface area contributed by atoms with Crippen LogP contribution in [0.15, 0.2) is 48.4 Å². The molecular formula is C20H23F3N6. The van der Waals surface area contributed by atoms with E-state index in [1.165, 1.54) is 0 Å². The second-order valence-corrected chi connectivity index (χ2v) is 7.42. The fourth-order valence-corrected chi connectivity index (χ4v) is 3.81. The van der Waals surface area contributed by atoms with E-state index >= 15 is 0 Å². The Morgan fingerprint density at radius 1 is 1.31 bits per heavy atom. The molecule has 2 atom stereocenters. The largest absolute Gasteiger partial charge is 0.408 e. The van der Waals surface area contributed by atoms with Crippen LogP contribution >= 0.6 is 0 Å². The number of pyridine rings is 1. The van der Waals surface area contributed by atoms with Gasteiger partial charge in [-0.15, -0.1) is 0 Å². The molecule has 1 aromatic heterocycles. The normalized spacial score (nSPS) is 21.0. The van der Waals surface area contributed by atoms with Crippen molar-refractivity contribution in [3.63, 3.8) is 0 Å². The number of rotatable bonds is 5. The molecule has 0 saturated carbocycles. The van der Waals surface area contributed by atoms with Crippen molar-refractivity contribution in [2.24, 2.45) is 4.99 Å². The van der Waals surface area contributed by atoms with Gasteiger partial charge in [-0.05, 0) is 25.5 Å². The molecule has 0 aromatic carbocycles. The first-order chi connectivity index (χ1) is 13.7. The third kappa shape index (κ3) is 3.68. The Bertz CT molecular complexity index is 904. The van der Waals surface area contributed by atoms with Gasteiger partial charge >= 0.3 is 6.18 Å². The first-order valence-corrected chi connectivity index (χ1v) is 9.49. The van der Waals surface area contributed by atoms with Crippen LogP contribution in [0.4, 0.5) is 24.7 Å². The molecule has 0 radical (unpaired) electrons. The third-order valence-corrected chi connectivity index (χ3v) is 5.37. The predicted molar refractivity (Wildman–Crippen MR) is 108 cm³/mol. The van der Waals surface area contributed by atoms with E-state index < -0.39 is 12.2 Å². The first kappa shape index (κ1) is 19.4. The highest BCUT2D eigenvalue weighted by Crippen LogP contribution is 2.40. The topological polar surface area (TPSA) is 55.8 Å². The van der Waals surface area contributed by atoms with Crippen LogP contribution in [0.1, 0.15) is 25.5 Å². The summed E-state index contributed by atoms with van der Waals surface area (Å²) in [6.07, 6.45) is 0.986. The highest BCUT2D eigenvalue weighted by atomic mass is 19.4. The Morgan fingerprint density at radius 2 is 2.10 bits per heavy atom. The van der Waals surface area contributed by atoms with Crippen molar-refractivity contribution in [3.05, 3.63) is 49.1 Å². The number of amidine groups is 1. The second kappa shape index (κ2) is 7.13. The summed E-state index contributed by atoms with van der Waals surface area (Å²) in [5.41, 5.74) is 1.45. The molecule has 0 unspecified atom stereocenters. The number of hydrogen-bond acceptors (Lipinski definition) is 6. The molecule has 4 rings (SSSR count). The summed E-state index contributed by atoms with van der Waals surface area (Å²) in [6.45, 7) is 10.7. The van der Waals surface area contributed by atoms with Gasteiger partial charge in [0.15, 0.2) is 5.82 Å². The number of aliphatic imine (C=N–C) groups is 1. The van der Waals surface area contributed by atoms with Crippen molar-refractivity contribution in [1.29, 1.82) is 0 Å². The summed E-state index contributed by atoms with van der Waals surface area (Å²) in [6, 6.07) is 2.07. The molecule has 1 saturated heterocycles. The molecule has 3 aliphatic heterocycles. The maximum atomic E-state index is 12.9. The highest BCUT2D eigenvalue weighted by molar-refractivity contribution is 5.88. The number of hydrogen-bond donors (Lipinski definition) is 2. The molecule has 3 aliphatic rings. The van der Waals surface area contributed by atoms with Gasteiger partial charge in [0.2, 0.25) is 0 Å². The van der Waals surface area contributed by atoms with E-state index in [-0.39, 0.29) is 11.7 Å². The molecule has 0 aliphatic carbocycles. The van der Waals surface area contributed by atoms with Gasteiger partial charge in [0, 0.05) is 25.7 Å². The molecule has 29 heavy (non-hydrogen) atoms. The van der Waals surface area contributed by atoms with E-state index in [0.717, 1.165) is 38.0 Å². The van der Waals surface area contributed by atoms with E-state index in [2.05, 4.69) is 38.7 Å². The van der Waals surface area contributed by atoms with Crippen molar-refractivity contribution in [1.82, 2.24) is 15.6 Å². The third-order valence-electron chi connectivity index (χ3n) is 5.37. The number of alkyl halides is 3. The maximum Gasteiger partial charge on any atom is 0.408 e. The van der Waals surface area contributed by atoms with Crippen LogP contribution in [0.2, 0.25) is 0 Å². The molecular weight excluding hydrogens is 381 g/mol. The smallest absolute Gasteiger partial charge is 0.373 e. The predicted octanol–water partition coefficient (Wildman–Crippen LogP) is 3.37. The zero-order chi connectivity index (χ0) is 20.8. The van der Waals surface area contributed by atoms with Crippen molar-refractivity contribution in [2.45, 2.75) is 38.0 Å². The van der Waals surface area contributed by atoms with Gasteiger partial charge in [-0.3, -0.25) is 0 Å². The molecule has 0 amide bonds. The summed E-state index contributed by atoms with van der Waals surface area (Å²) in [4.78, 5) is 13.2. The van der Waals surface area contributed by atoms with Gasteiger partial charge in [0.1, 0.15) is 17.7 Å². The molecule has 154 valence electrons. The minimum Gasteiger partial charge on any atom is -0.373 e. The molecule has 1 fully saturated rings. The summed E-state index contributed by atoms with van der Waals surface area (Å²) in [5.74, 6) is 2.13. The molecule has 6 nitrogen and oxygen atoms in total. The van der Waals surface area contributed by atoms with Crippen LogP contribution in [-0.2, 0) is 0 Å². The van der Waals surface area contributed by atoms with Crippen LogP contribution in [-0.4, -0.2) is 42.2 Å². The van der Waals surface area contributed by atoms with Gasteiger partial charge in [-0.1, -0.05) is 19.2 Å². The SMILES string of the molecule is C=C(N[C@H](C)C(F)(F)F)c1ccc2c(n1)N(C(=C)NC1=NC=CC1)[C@H]1CCN2C1. The van der Waals surface area contributed by atoms with E-state index in [1.54, 1.807) is 12.3 Å². The number of nitrogens with zero attached hydrogens (tertiary/aromatic N) is 4. The number of nitrogens with one attached hydrogen (secondary N) is 2. The summed E-state index contributed by atoms with van der Waals surface area (Å²) in [7, 11) is 0. The molecule has 2 N–H and O–H groups in total. The Morgan fingerprint density at radius 3 is 2.79 bits per heavy atom. The minimum absolute atomic E-state index is 0.133. The minimum atomic E-state index is -4.36.